The summed E-state index contributed by atoms with van der Waals surface area (Å²) in [6, 6.07) is 12.1. The van der Waals surface area contributed by atoms with Gasteiger partial charge in [-0.1, -0.05) is 17.7 Å². The van der Waals surface area contributed by atoms with Crippen LogP contribution in [0.25, 0.3) is 0 Å². The lowest BCUT2D eigenvalue weighted by Gasteiger charge is -2.11. The second kappa shape index (κ2) is 6.80. The zero-order valence-corrected chi connectivity index (χ0v) is 13.4. The first-order valence-corrected chi connectivity index (χ1v) is 7.48. The summed E-state index contributed by atoms with van der Waals surface area (Å²) in [5.74, 6) is -0.615. The summed E-state index contributed by atoms with van der Waals surface area (Å²) < 4.78 is 26.7. The van der Waals surface area contributed by atoms with Crippen LogP contribution in [0, 0.1) is 18.6 Å². The highest BCUT2D eigenvalue weighted by Gasteiger charge is 2.07. The number of nitrogens with one attached hydrogen (secondary N) is 2. The van der Waals surface area contributed by atoms with E-state index in [1.807, 2.05) is 6.07 Å². The molecular weight excluding hydrogens is 334 g/mol. The number of aromatic nitrogens is 2. The third-order valence-corrected chi connectivity index (χ3v) is 3.36. The lowest BCUT2D eigenvalue weighted by Crippen LogP contribution is -2.03. The van der Waals surface area contributed by atoms with Crippen LogP contribution in [-0.4, -0.2) is 9.97 Å². The molecule has 24 heavy (non-hydrogen) atoms. The Kier molecular flexibility index (Phi) is 4.57. The predicted molar refractivity (Wildman–Crippen MR) is 91.1 cm³/mol. The lowest BCUT2D eigenvalue weighted by molar-refractivity contribution is 0.586. The normalized spacial score (nSPS) is 10.5. The van der Waals surface area contributed by atoms with E-state index in [0.29, 0.717) is 22.5 Å². The van der Waals surface area contributed by atoms with E-state index in [-0.39, 0.29) is 5.69 Å². The first kappa shape index (κ1) is 16.1. The maximum absolute atomic E-state index is 13.8. The first-order chi connectivity index (χ1) is 11.5. The van der Waals surface area contributed by atoms with Gasteiger partial charge in [-0.15, -0.1) is 0 Å². The number of rotatable bonds is 4. The van der Waals surface area contributed by atoms with Crippen molar-refractivity contribution in [3.63, 3.8) is 0 Å². The number of nitrogens with zero attached hydrogens (tertiary/aromatic N) is 2. The topological polar surface area (TPSA) is 49.8 Å². The van der Waals surface area contributed by atoms with Crippen LogP contribution in [-0.2, 0) is 0 Å². The summed E-state index contributed by atoms with van der Waals surface area (Å²) in [6.45, 7) is 1.79. The van der Waals surface area contributed by atoms with Crippen molar-refractivity contribution in [2.24, 2.45) is 0 Å². The molecule has 0 aliphatic heterocycles. The van der Waals surface area contributed by atoms with E-state index in [1.165, 1.54) is 12.1 Å². The van der Waals surface area contributed by atoms with E-state index in [1.54, 1.807) is 31.2 Å². The summed E-state index contributed by atoms with van der Waals surface area (Å²) in [5.41, 5.74) is 1.54. The molecule has 3 aromatic rings. The number of hydrogen-bond donors (Lipinski definition) is 2. The van der Waals surface area contributed by atoms with Crippen LogP contribution in [0.5, 0.6) is 0 Å². The van der Waals surface area contributed by atoms with E-state index >= 15 is 0 Å². The van der Waals surface area contributed by atoms with Gasteiger partial charge in [0.05, 0.1) is 5.69 Å². The molecule has 1 heterocycles. The molecular formula is C17H13ClF2N4. The van der Waals surface area contributed by atoms with Crippen LogP contribution in [0.2, 0.25) is 5.02 Å². The van der Waals surface area contributed by atoms with Crippen molar-refractivity contribution in [2.75, 3.05) is 10.6 Å². The number of aryl methyl sites for hydroxylation is 1. The van der Waals surface area contributed by atoms with Gasteiger partial charge in [0.25, 0.3) is 0 Å². The zero-order valence-electron chi connectivity index (χ0n) is 12.6. The van der Waals surface area contributed by atoms with Crippen molar-refractivity contribution in [3.05, 3.63) is 70.9 Å². The largest absolute Gasteiger partial charge is 0.338 e. The highest BCUT2D eigenvalue weighted by atomic mass is 35.5. The van der Waals surface area contributed by atoms with Gasteiger partial charge in [-0.25, -0.2) is 13.8 Å². The second-order valence-electron chi connectivity index (χ2n) is 5.10. The summed E-state index contributed by atoms with van der Waals surface area (Å²) >= 11 is 5.95. The minimum atomic E-state index is -0.699. The Labute approximate surface area is 142 Å². The molecule has 0 spiro atoms. The van der Waals surface area contributed by atoms with Crippen LogP contribution < -0.4 is 10.6 Å². The fourth-order valence-corrected chi connectivity index (χ4v) is 2.30. The number of benzene rings is 2. The van der Waals surface area contributed by atoms with Crippen molar-refractivity contribution >= 4 is 34.7 Å². The van der Waals surface area contributed by atoms with E-state index < -0.39 is 11.6 Å². The molecule has 3 rings (SSSR count). The number of halogens is 3. The van der Waals surface area contributed by atoms with Gasteiger partial charge < -0.3 is 10.6 Å². The molecule has 0 saturated carbocycles. The average molecular weight is 347 g/mol. The molecule has 7 heteroatoms. The van der Waals surface area contributed by atoms with E-state index in [0.717, 1.165) is 11.8 Å². The Morgan fingerprint density at radius 1 is 0.958 bits per heavy atom. The molecule has 0 aliphatic carbocycles. The SMILES string of the molecule is Cc1cc(Nc2ccc(F)cc2F)nc(Nc2cccc(Cl)c2)n1. The molecule has 0 bridgehead atoms. The third-order valence-electron chi connectivity index (χ3n) is 3.13. The average Bonchev–Trinajstić information content (AvgIpc) is 2.49. The Bertz CT molecular complexity index is 886. The minimum absolute atomic E-state index is 0.128. The van der Waals surface area contributed by atoms with Gasteiger partial charge in [0.2, 0.25) is 5.95 Å². The van der Waals surface area contributed by atoms with Gasteiger partial charge >= 0.3 is 0 Å². The molecule has 0 unspecified atom stereocenters. The maximum atomic E-state index is 13.8. The van der Waals surface area contributed by atoms with Crippen LogP contribution in [0.4, 0.5) is 31.9 Å². The van der Waals surface area contributed by atoms with Gasteiger partial charge in [-0.05, 0) is 37.3 Å². The van der Waals surface area contributed by atoms with E-state index in [9.17, 15) is 8.78 Å². The Morgan fingerprint density at radius 2 is 1.79 bits per heavy atom. The summed E-state index contributed by atoms with van der Waals surface area (Å²) in [6.07, 6.45) is 0. The molecule has 0 aliphatic rings. The molecule has 2 N–H and O–H groups in total. The minimum Gasteiger partial charge on any atom is -0.338 e. The molecule has 0 atom stereocenters. The molecule has 0 amide bonds. The monoisotopic (exact) mass is 346 g/mol. The Morgan fingerprint density at radius 3 is 2.54 bits per heavy atom. The van der Waals surface area contributed by atoms with Crippen LogP contribution >= 0.6 is 11.6 Å². The van der Waals surface area contributed by atoms with Gasteiger partial charge in [0.1, 0.15) is 17.5 Å². The summed E-state index contributed by atoms with van der Waals surface area (Å²) in [5, 5.41) is 6.44. The van der Waals surface area contributed by atoms with Crippen LogP contribution in [0.1, 0.15) is 5.69 Å². The summed E-state index contributed by atoms with van der Waals surface area (Å²) in [7, 11) is 0. The van der Waals surface area contributed by atoms with Crippen LogP contribution in [0.15, 0.2) is 48.5 Å². The van der Waals surface area contributed by atoms with Gasteiger partial charge in [-0.3, -0.25) is 0 Å². The quantitative estimate of drug-likeness (QED) is 0.681. The van der Waals surface area contributed by atoms with Gasteiger partial charge in [-0.2, -0.15) is 4.98 Å². The van der Waals surface area contributed by atoms with E-state index in [2.05, 4.69) is 20.6 Å². The smallest absolute Gasteiger partial charge is 0.229 e. The van der Waals surface area contributed by atoms with Crippen molar-refractivity contribution in [1.82, 2.24) is 9.97 Å². The van der Waals surface area contributed by atoms with Crippen molar-refractivity contribution in [2.45, 2.75) is 6.92 Å². The second-order valence-corrected chi connectivity index (χ2v) is 5.54. The molecule has 122 valence electrons. The highest BCUT2D eigenvalue weighted by Crippen LogP contribution is 2.22. The van der Waals surface area contributed by atoms with Crippen LogP contribution in [0.3, 0.4) is 0 Å². The Balaban J connectivity index is 1.86. The fourth-order valence-electron chi connectivity index (χ4n) is 2.11. The number of hydrogen-bond acceptors (Lipinski definition) is 4. The zero-order chi connectivity index (χ0) is 17.1. The molecule has 0 fully saturated rings. The van der Waals surface area contributed by atoms with Gasteiger partial charge in [0, 0.05) is 28.5 Å². The third kappa shape index (κ3) is 3.97. The molecule has 0 saturated heterocycles. The van der Waals surface area contributed by atoms with Crippen molar-refractivity contribution in [1.29, 1.82) is 0 Å². The summed E-state index contributed by atoms with van der Waals surface area (Å²) in [4.78, 5) is 8.56. The molecule has 1 aromatic heterocycles. The molecule has 0 radical (unpaired) electrons. The highest BCUT2D eigenvalue weighted by molar-refractivity contribution is 6.30. The lowest BCUT2D eigenvalue weighted by atomic mass is 10.3. The van der Waals surface area contributed by atoms with Crippen molar-refractivity contribution < 1.29 is 8.78 Å². The van der Waals surface area contributed by atoms with Gasteiger partial charge in [0.15, 0.2) is 0 Å². The predicted octanol–water partition coefficient (Wildman–Crippen LogP) is 5.20. The Hall–Kier alpha value is -2.73. The first-order valence-electron chi connectivity index (χ1n) is 7.10. The number of anilines is 4. The molecule has 4 nitrogen and oxygen atoms in total. The molecule has 2 aromatic carbocycles. The van der Waals surface area contributed by atoms with E-state index in [4.69, 9.17) is 11.6 Å². The standard InChI is InChI=1S/C17H13ClF2N4/c1-10-7-16(23-15-6-5-12(19)9-14(15)20)24-17(21-10)22-13-4-2-3-11(18)8-13/h2-9H,1H3,(H2,21,22,23,24). The fraction of sp³-hybridized carbons (Fsp3) is 0.0588. The maximum Gasteiger partial charge on any atom is 0.229 e. The van der Waals surface area contributed by atoms with Crippen molar-refractivity contribution in [3.8, 4) is 0 Å².